The standard InChI is InChI=1S/C14H15BrN2O/c1-10(2)17-8-4-7-13(17)14(18)16-12-6-3-5-11(15)9-12/h3-10H,1-2H3,(H,16,18). The van der Waals surface area contributed by atoms with Gasteiger partial charge in [-0.2, -0.15) is 0 Å². The maximum atomic E-state index is 12.2. The zero-order chi connectivity index (χ0) is 13.1. The lowest BCUT2D eigenvalue weighted by molar-refractivity contribution is 0.101. The summed E-state index contributed by atoms with van der Waals surface area (Å²) in [4.78, 5) is 12.2. The van der Waals surface area contributed by atoms with Gasteiger partial charge in [0.25, 0.3) is 5.91 Å². The minimum absolute atomic E-state index is 0.0909. The zero-order valence-corrected chi connectivity index (χ0v) is 11.9. The highest BCUT2D eigenvalue weighted by Gasteiger charge is 2.12. The number of hydrogen-bond donors (Lipinski definition) is 1. The predicted octanol–water partition coefficient (Wildman–Crippen LogP) is 4.08. The normalized spacial score (nSPS) is 10.7. The van der Waals surface area contributed by atoms with Crippen molar-refractivity contribution in [2.45, 2.75) is 19.9 Å². The molecule has 0 saturated carbocycles. The molecule has 1 N–H and O–H groups in total. The van der Waals surface area contributed by atoms with Gasteiger partial charge < -0.3 is 9.88 Å². The molecular formula is C14H15BrN2O. The van der Waals surface area contributed by atoms with Gasteiger partial charge in [-0.05, 0) is 44.2 Å². The van der Waals surface area contributed by atoms with Crippen molar-refractivity contribution in [3.05, 3.63) is 52.8 Å². The van der Waals surface area contributed by atoms with Gasteiger partial charge in [-0.15, -0.1) is 0 Å². The quantitative estimate of drug-likeness (QED) is 0.910. The molecule has 0 radical (unpaired) electrons. The summed E-state index contributed by atoms with van der Waals surface area (Å²) in [6, 6.07) is 11.5. The molecule has 4 heteroatoms. The highest BCUT2D eigenvalue weighted by atomic mass is 79.9. The van der Waals surface area contributed by atoms with Gasteiger partial charge in [-0.1, -0.05) is 22.0 Å². The number of nitrogens with zero attached hydrogens (tertiary/aromatic N) is 1. The summed E-state index contributed by atoms with van der Waals surface area (Å²) in [5, 5.41) is 2.89. The predicted molar refractivity (Wildman–Crippen MR) is 76.9 cm³/mol. The van der Waals surface area contributed by atoms with Crippen molar-refractivity contribution in [1.29, 1.82) is 0 Å². The number of halogens is 1. The van der Waals surface area contributed by atoms with Crippen LogP contribution in [0.5, 0.6) is 0 Å². The first-order valence-electron chi connectivity index (χ1n) is 5.81. The molecule has 0 unspecified atom stereocenters. The Morgan fingerprint density at radius 2 is 2.06 bits per heavy atom. The van der Waals surface area contributed by atoms with E-state index in [0.717, 1.165) is 10.2 Å². The molecule has 2 aromatic rings. The Morgan fingerprint density at radius 1 is 1.28 bits per heavy atom. The van der Waals surface area contributed by atoms with Crippen LogP contribution in [0.2, 0.25) is 0 Å². The van der Waals surface area contributed by atoms with E-state index < -0.39 is 0 Å². The van der Waals surface area contributed by atoms with Gasteiger partial charge in [0.1, 0.15) is 5.69 Å². The van der Waals surface area contributed by atoms with Crippen molar-refractivity contribution in [3.8, 4) is 0 Å². The van der Waals surface area contributed by atoms with Crippen LogP contribution in [0.15, 0.2) is 47.1 Å². The van der Waals surface area contributed by atoms with E-state index in [1.165, 1.54) is 0 Å². The summed E-state index contributed by atoms with van der Waals surface area (Å²) in [5.74, 6) is -0.0909. The molecule has 18 heavy (non-hydrogen) atoms. The van der Waals surface area contributed by atoms with Crippen LogP contribution in [0.25, 0.3) is 0 Å². The molecular weight excluding hydrogens is 292 g/mol. The minimum atomic E-state index is -0.0909. The first kappa shape index (κ1) is 12.9. The van der Waals surface area contributed by atoms with E-state index in [9.17, 15) is 4.79 Å². The lowest BCUT2D eigenvalue weighted by Gasteiger charge is -2.12. The first-order valence-corrected chi connectivity index (χ1v) is 6.61. The van der Waals surface area contributed by atoms with Gasteiger partial charge in [0.15, 0.2) is 0 Å². The Hall–Kier alpha value is -1.55. The van der Waals surface area contributed by atoms with Crippen molar-refractivity contribution < 1.29 is 4.79 Å². The number of carbonyl (C=O) groups excluding carboxylic acids is 1. The first-order chi connectivity index (χ1) is 8.58. The third kappa shape index (κ3) is 2.82. The smallest absolute Gasteiger partial charge is 0.272 e. The molecule has 0 spiro atoms. The summed E-state index contributed by atoms with van der Waals surface area (Å²) in [5.41, 5.74) is 1.45. The van der Waals surface area contributed by atoms with Crippen LogP contribution in [0.4, 0.5) is 5.69 Å². The number of rotatable bonds is 3. The van der Waals surface area contributed by atoms with Crippen LogP contribution in [-0.4, -0.2) is 10.5 Å². The third-order valence-electron chi connectivity index (χ3n) is 2.65. The molecule has 0 atom stereocenters. The molecule has 1 heterocycles. The Bertz CT molecular complexity index is 560. The molecule has 0 saturated heterocycles. The number of benzene rings is 1. The maximum absolute atomic E-state index is 12.2. The molecule has 94 valence electrons. The molecule has 0 fully saturated rings. The van der Waals surface area contributed by atoms with Crippen LogP contribution >= 0.6 is 15.9 Å². The van der Waals surface area contributed by atoms with Crippen LogP contribution < -0.4 is 5.32 Å². The SMILES string of the molecule is CC(C)n1cccc1C(=O)Nc1cccc(Br)c1. The number of nitrogens with one attached hydrogen (secondary N) is 1. The number of amides is 1. The number of anilines is 1. The van der Waals surface area contributed by atoms with Gasteiger partial charge in [0, 0.05) is 22.4 Å². The largest absolute Gasteiger partial charge is 0.341 e. The second-order valence-electron chi connectivity index (χ2n) is 4.36. The fourth-order valence-electron chi connectivity index (χ4n) is 1.80. The average Bonchev–Trinajstić information content (AvgIpc) is 2.77. The monoisotopic (exact) mass is 306 g/mol. The molecule has 2 rings (SSSR count). The van der Waals surface area contributed by atoms with E-state index in [2.05, 4.69) is 35.1 Å². The van der Waals surface area contributed by atoms with Crippen molar-refractivity contribution in [2.24, 2.45) is 0 Å². The Balaban J connectivity index is 2.20. The van der Waals surface area contributed by atoms with Crippen molar-refractivity contribution in [1.82, 2.24) is 4.57 Å². The highest BCUT2D eigenvalue weighted by Crippen LogP contribution is 2.17. The second kappa shape index (κ2) is 5.40. The third-order valence-corrected chi connectivity index (χ3v) is 3.14. The summed E-state index contributed by atoms with van der Waals surface area (Å²) < 4.78 is 2.90. The van der Waals surface area contributed by atoms with Gasteiger partial charge in [-0.3, -0.25) is 4.79 Å². The lowest BCUT2D eigenvalue weighted by Crippen LogP contribution is -2.17. The molecule has 3 nitrogen and oxygen atoms in total. The van der Waals surface area contributed by atoms with Crippen molar-refractivity contribution >= 4 is 27.5 Å². The lowest BCUT2D eigenvalue weighted by atomic mass is 10.3. The summed E-state index contributed by atoms with van der Waals surface area (Å²) in [6.07, 6.45) is 1.92. The van der Waals surface area contributed by atoms with E-state index in [1.54, 1.807) is 0 Å². The Labute approximate surface area is 115 Å². The molecule has 0 bridgehead atoms. The number of hydrogen-bond acceptors (Lipinski definition) is 1. The van der Waals surface area contributed by atoms with E-state index in [-0.39, 0.29) is 11.9 Å². The molecule has 0 aliphatic rings. The molecule has 0 aliphatic carbocycles. The second-order valence-corrected chi connectivity index (χ2v) is 5.27. The number of aromatic nitrogens is 1. The molecule has 0 aliphatic heterocycles. The average molecular weight is 307 g/mol. The Kier molecular flexibility index (Phi) is 3.87. The van der Waals surface area contributed by atoms with Gasteiger partial charge >= 0.3 is 0 Å². The van der Waals surface area contributed by atoms with Crippen LogP contribution in [-0.2, 0) is 0 Å². The minimum Gasteiger partial charge on any atom is -0.341 e. The van der Waals surface area contributed by atoms with Gasteiger partial charge in [0.05, 0.1) is 0 Å². The van der Waals surface area contributed by atoms with Crippen molar-refractivity contribution in [2.75, 3.05) is 5.32 Å². The van der Waals surface area contributed by atoms with Crippen molar-refractivity contribution in [3.63, 3.8) is 0 Å². The van der Waals surface area contributed by atoms with Crippen LogP contribution in [0.1, 0.15) is 30.4 Å². The fraction of sp³-hybridized carbons (Fsp3) is 0.214. The van der Waals surface area contributed by atoms with Crippen LogP contribution in [0.3, 0.4) is 0 Å². The number of carbonyl (C=O) groups is 1. The molecule has 1 amide bonds. The van der Waals surface area contributed by atoms with Gasteiger partial charge in [-0.25, -0.2) is 0 Å². The highest BCUT2D eigenvalue weighted by molar-refractivity contribution is 9.10. The maximum Gasteiger partial charge on any atom is 0.272 e. The summed E-state index contributed by atoms with van der Waals surface area (Å²) in [7, 11) is 0. The van der Waals surface area contributed by atoms with E-state index in [0.29, 0.717) is 5.69 Å². The summed E-state index contributed by atoms with van der Waals surface area (Å²) in [6.45, 7) is 4.10. The fourth-order valence-corrected chi connectivity index (χ4v) is 2.20. The zero-order valence-electron chi connectivity index (χ0n) is 10.4. The van der Waals surface area contributed by atoms with Crippen LogP contribution in [0, 0.1) is 0 Å². The Morgan fingerprint density at radius 3 is 2.72 bits per heavy atom. The molecule has 1 aromatic carbocycles. The van der Waals surface area contributed by atoms with E-state index in [4.69, 9.17) is 0 Å². The van der Waals surface area contributed by atoms with E-state index >= 15 is 0 Å². The van der Waals surface area contributed by atoms with E-state index in [1.807, 2.05) is 47.2 Å². The summed E-state index contributed by atoms with van der Waals surface area (Å²) >= 11 is 3.38. The van der Waals surface area contributed by atoms with Gasteiger partial charge in [0.2, 0.25) is 0 Å². The topological polar surface area (TPSA) is 34.0 Å². The molecule has 1 aromatic heterocycles.